The molecule has 2 N–H and O–H groups in total. The van der Waals surface area contributed by atoms with Gasteiger partial charge in [0.25, 0.3) is 0 Å². The summed E-state index contributed by atoms with van der Waals surface area (Å²) in [6.07, 6.45) is 0. The van der Waals surface area contributed by atoms with E-state index in [4.69, 9.17) is 0 Å². The van der Waals surface area contributed by atoms with Crippen LogP contribution in [0.5, 0.6) is 0 Å². The molecule has 0 radical (unpaired) electrons. The second-order valence-corrected chi connectivity index (χ2v) is 6.02. The number of amides is 1. The Morgan fingerprint density at radius 3 is 2.28 bits per heavy atom. The van der Waals surface area contributed by atoms with Gasteiger partial charge in [-0.15, -0.1) is 0 Å². The molecule has 0 aromatic heterocycles. The van der Waals surface area contributed by atoms with Gasteiger partial charge in [-0.05, 0) is 49.6 Å². The average molecular weight is 332 g/mol. The van der Waals surface area contributed by atoms with Gasteiger partial charge < -0.3 is 10.6 Å². The number of fused-ring (bicyclic) bond motifs is 1. The Balaban J connectivity index is 1.71. The van der Waals surface area contributed by atoms with E-state index in [1.807, 2.05) is 49.4 Å². The maximum absolute atomic E-state index is 12.4. The minimum Gasteiger partial charge on any atom is -0.373 e. The zero-order valence-corrected chi connectivity index (χ0v) is 14.2. The highest BCUT2D eigenvalue weighted by molar-refractivity contribution is 6.00. The number of hydrogen-bond acceptors (Lipinski definition) is 3. The number of hydrogen-bond donors (Lipinski definition) is 2. The Labute approximate surface area is 146 Å². The fourth-order valence-electron chi connectivity index (χ4n) is 2.69. The first-order valence-corrected chi connectivity index (χ1v) is 8.21. The van der Waals surface area contributed by atoms with Crippen molar-refractivity contribution < 1.29 is 9.59 Å². The highest BCUT2D eigenvalue weighted by Crippen LogP contribution is 2.23. The van der Waals surface area contributed by atoms with Crippen LogP contribution in [0, 0.1) is 0 Å². The number of carbonyl (C=O) groups is 2. The Bertz CT molecular complexity index is 911. The molecule has 0 fully saturated rings. The minimum atomic E-state index is -0.404. The number of nitrogens with one attached hydrogen (secondary N) is 2. The summed E-state index contributed by atoms with van der Waals surface area (Å²) in [7, 11) is 0. The van der Waals surface area contributed by atoms with E-state index < -0.39 is 6.04 Å². The fraction of sp³-hybridized carbons (Fsp3) is 0.143. The lowest BCUT2D eigenvalue weighted by atomic mass is 10.1. The van der Waals surface area contributed by atoms with Gasteiger partial charge in [0.2, 0.25) is 5.91 Å². The number of ketones is 1. The maximum atomic E-state index is 12.4. The molecule has 0 saturated heterocycles. The van der Waals surface area contributed by atoms with E-state index in [1.54, 1.807) is 24.3 Å². The third-order valence-corrected chi connectivity index (χ3v) is 4.11. The molecule has 0 saturated carbocycles. The molecule has 3 rings (SSSR count). The monoisotopic (exact) mass is 332 g/mol. The summed E-state index contributed by atoms with van der Waals surface area (Å²) < 4.78 is 0. The van der Waals surface area contributed by atoms with Gasteiger partial charge >= 0.3 is 0 Å². The summed E-state index contributed by atoms with van der Waals surface area (Å²) in [4.78, 5) is 23.7. The number of rotatable bonds is 5. The Morgan fingerprint density at radius 2 is 1.56 bits per heavy atom. The molecule has 0 aliphatic carbocycles. The van der Waals surface area contributed by atoms with E-state index in [2.05, 4.69) is 10.6 Å². The molecule has 4 heteroatoms. The summed E-state index contributed by atoms with van der Waals surface area (Å²) in [6, 6.07) is 20.5. The first-order chi connectivity index (χ1) is 12.0. The van der Waals surface area contributed by atoms with Gasteiger partial charge in [-0.25, -0.2) is 0 Å². The normalized spacial score (nSPS) is 11.8. The topological polar surface area (TPSA) is 58.2 Å². The Kier molecular flexibility index (Phi) is 4.80. The largest absolute Gasteiger partial charge is 0.373 e. The zero-order valence-electron chi connectivity index (χ0n) is 14.2. The second-order valence-electron chi connectivity index (χ2n) is 6.02. The smallest absolute Gasteiger partial charge is 0.246 e. The van der Waals surface area contributed by atoms with Gasteiger partial charge in [0.15, 0.2) is 5.78 Å². The SMILES string of the molecule is CC(=O)c1ccc(NC(=O)[C@H](C)Nc2cccc3ccccc23)cc1. The molecule has 0 heterocycles. The third kappa shape index (κ3) is 3.86. The van der Waals surface area contributed by atoms with Gasteiger partial charge in [0, 0.05) is 22.3 Å². The molecule has 3 aromatic rings. The van der Waals surface area contributed by atoms with Crippen LogP contribution in [0.1, 0.15) is 24.2 Å². The highest BCUT2D eigenvalue weighted by atomic mass is 16.2. The van der Waals surface area contributed by atoms with Gasteiger partial charge in [0.05, 0.1) is 0 Å². The molecule has 0 aliphatic rings. The maximum Gasteiger partial charge on any atom is 0.246 e. The third-order valence-electron chi connectivity index (χ3n) is 4.11. The molecule has 3 aromatic carbocycles. The zero-order chi connectivity index (χ0) is 17.8. The molecule has 4 nitrogen and oxygen atoms in total. The quantitative estimate of drug-likeness (QED) is 0.677. The van der Waals surface area contributed by atoms with Crippen molar-refractivity contribution in [3.05, 3.63) is 72.3 Å². The molecule has 1 atom stereocenters. The lowest BCUT2D eigenvalue weighted by Crippen LogP contribution is -2.31. The standard InChI is InChI=1S/C21H20N2O2/c1-14(21(25)23-18-12-10-16(11-13-18)15(2)24)22-20-9-5-7-17-6-3-4-8-19(17)20/h3-14,22H,1-2H3,(H,23,25)/t14-/m0/s1. The molecule has 25 heavy (non-hydrogen) atoms. The van der Waals surface area contributed by atoms with Crippen molar-refractivity contribution in [1.82, 2.24) is 0 Å². The Hall–Kier alpha value is -3.14. The van der Waals surface area contributed by atoms with Gasteiger partial charge in [-0.1, -0.05) is 36.4 Å². The van der Waals surface area contributed by atoms with E-state index in [9.17, 15) is 9.59 Å². The van der Waals surface area contributed by atoms with Crippen LogP contribution in [0.15, 0.2) is 66.7 Å². The Morgan fingerprint density at radius 1 is 0.880 bits per heavy atom. The predicted molar refractivity (Wildman–Crippen MR) is 102 cm³/mol. The summed E-state index contributed by atoms with van der Waals surface area (Å²) in [5, 5.41) is 8.34. The van der Waals surface area contributed by atoms with Crippen LogP contribution >= 0.6 is 0 Å². The van der Waals surface area contributed by atoms with Crippen LogP contribution in [0.3, 0.4) is 0 Å². The first kappa shape index (κ1) is 16.7. The van der Waals surface area contributed by atoms with Crippen LogP contribution < -0.4 is 10.6 Å². The molecule has 0 unspecified atom stereocenters. The molecule has 0 aliphatic heterocycles. The number of Topliss-reactive ketones (excluding diaryl/α,β-unsaturated/α-hetero) is 1. The van der Waals surface area contributed by atoms with Crippen molar-refractivity contribution in [2.24, 2.45) is 0 Å². The van der Waals surface area contributed by atoms with Crippen molar-refractivity contribution in [3.63, 3.8) is 0 Å². The summed E-state index contributed by atoms with van der Waals surface area (Å²) >= 11 is 0. The predicted octanol–water partition coefficient (Wildman–Crippen LogP) is 4.48. The molecule has 126 valence electrons. The molecule has 0 spiro atoms. The van der Waals surface area contributed by atoms with Gasteiger partial charge in [-0.3, -0.25) is 9.59 Å². The van der Waals surface area contributed by atoms with Crippen LogP contribution in [-0.4, -0.2) is 17.7 Å². The summed E-state index contributed by atoms with van der Waals surface area (Å²) in [5.41, 5.74) is 2.22. The van der Waals surface area contributed by atoms with Crippen molar-refractivity contribution in [2.45, 2.75) is 19.9 Å². The number of benzene rings is 3. The van der Waals surface area contributed by atoms with Crippen molar-refractivity contribution in [1.29, 1.82) is 0 Å². The summed E-state index contributed by atoms with van der Waals surface area (Å²) in [5.74, 6) is -0.132. The van der Waals surface area contributed by atoms with E-state index in [0.29, 0.717) is 11.3 Å². The minimum absolute atomic E-state index is 0.00358. The average Bonchev–Trinajstić information content (AvgIpc) is 2.62. The van der Waals surface area contributed by atoms with E-state index in [0.717, 1.165) is 16.5 Å². The first-order valence-electron chi connectivity index (χ1n) is 8.21. The number of carbonyl (C=O) groups excluding carboxylic acids is 2. The van der Waals surface area contributed by atoms with Crippen LogP contribution in [0.25, 0.3) is 10.8 Å². The molecular weight excluding hydrogens is 312 g/mol. The summed E-state index contributed by atoms with van der Waals surface area (Å²) in [6.45, 7) is 3.34. The molecule has 0 bridgehead atoms. The van der Waals surface area contributed by atoms with Crippen molar-refractivity contribution in [2.75, 3.05) is 10.6 Å². The van der Waals surface area contributed by atoms with E-state index in [-0.39, 0.29) is 11.7 Å². The number of anilines is 2. The van der Waals surface area contributed by atoms with Crippen LogP contribution in [0.4, 0.5) is 11.4 Å². The van der Waals surface area contributed by atoms with Crippen molar-refractivity contribution >= 4 is 33.8 Å². The van der Waals surface area contributed by atoms with Gasteiger partial charge in [-0.2, -0.15) is 0 Å². The molecule has 1 amide bonds. The van der Waals surface area contributed by atoms with E-state index >= 15 is 0 Å². The van der Waals surface area contributed by atoms with Crippen LogP contribution in [0.2, 0.25) is 0 Å². The fourth-order valence-corrected chi connectivity index (χ4v) is 2.69. The van der Waals surface area contributed by atoms with Gasteiger partial charge in [0.1, 0.15) is 6.04 Å². The van der Waals surface area contributed by atoms with Crippen LogP contribution in [-0.2, 0) is 4.79 Å². The van der Waals surface area contributed by atoms with Crippen molar-refractivity contribution in [3.8, 4) is 0 Å². The lowest BCUT2D eigenvalue weighted by molar-refractivity contribution is -0.116. The highest BCUT2D eigenvalue weighted by Gasteiger charge is 2.14. The van der Waals surface area contributed by atoms with E-state index in [1.165, 1.54) is 6.92 Å². The second kappa shape index (κ2) is 7.18. The lowest BCUT2D eigenvalue weighted by Gasteiger charge is -2.17. The molecular formula is C21H20N2O2.